The smallest absolute Gasteiger partial charge is 0.330 e. The average Bonchev–Trinajstić information content (AvgIpc) is 3.08. The Labute approximate surface area is 197 Å². The summed E-state index contributed by atoms with van der Waals surface area (Å²) in [5.74, 6) is -2.45. The van der Waals surface area contributed by atoms with Gasteiger partial charge < -0.3 is 10.1 Å². The molecule has 4 rings (SSSR count). The zero-order valence-corrected chi connectivity index (χ0v) is 18.9. The van der Waals surface area contributed by atoms with Gasteiger partial charge in [0.25, 0.3) is 17.7 Å². The highest BCUT2D eigenvalue weighted by Gasteiger charge is 2.43. The molecule has 0 saturated carbocycles. The number of rotatable bonds is 7. The molecule has 3 aromatic rings. The van der Waals surface area contributed by atoms with Crippen molar-refractivity contribution >= 4 is 29.4 Å². The van der Waals surface area contributed by atoms with E-state index in [-0.39, 0.29) is 17.5 Å². The largest absolute Gasteiger partial charge is 0.454 e. The molecule has 7 heteroatoms. The number of carbonyl (C=O) groups is 4. The number of hydrogen-bond donors (Lipinski definition) is 1. The molecule has 34 heavy (non-hydrogen) atoms. The number of carbonyl (C=O) groups excluding carboxylic acids is 4. The molecule has 1 aliphatic rings. The number of anilines is 1. The number of amides is 3. The second-order valence-corrected chi connectivity index (χ2v) is 8.21. The Morgan fingerprint density at radius 2 is 1.50 bits per heavy atom. The second kappa shape index (κ2) is 9.70. The molecule has 1 N–H and O–H groups in total. The van der Waals surface area contributed by atoms with Crippen LogP contribution in [0.2, 0.25) is 0 Å². The van der Waals surface area contributed by atoms with E-state index in [0.717, 1.165) is 21.6 Å². The van der Waals surface area contributed by atoms with Crippen molar-refractivity contribution in [1.82, 2.24) is 4.90 Å². The van der Waals surface area contributed by atoms with Crippen molar-refractivity contribution in [3.05, 3.63) is 101 Å². The summed E-state index contributed by atoms with van der Waals surface area (Å²) < 4.78 is 5.28. The van der Waals surface area contributed by atoms with E-state index in [4.69, 9.17) is 4.74 Å². The van der Waals surface area contributed by atoms with Crippen LogP contribution < -0.4 is 5.32 Å². The number of aryl methyl sites for hydroxylation is 2. The van der Waals surface area contributed by atoms with Crippen LogP contribution in [-0.2, 0) is 20.7 Å². The second-order valence-electron chi connectivity index (χ2n) is 8.21. The maximum Gasteiger partial charge on any atom is 0.330 e. The first kappa shape index (κ1) is 22.9. The fourth-order valence-electron chi connectivity index (χ4n) is 3.98. The first-order chi connectivity index (χ1) is 16.3. The molecule has 0 unspecified atom stereocenters. The lowest BCUT2D eigenvalue weighted by atomic mass is 10.0. The molecular formula is C27H24N2O5. The number of nitrogens with zero attached hydrogens (tertiary/aromatic N) is 1. The number of benzene rings is 3. The van der Waals surface area contributed by atoms with Gasteiger partial charge >= 0.3 is 5.97 Å². The van der Waals surface area contributed by atoms with E-state index in [1.54, 1.807) is 54.6 Å². The third-order valence-electron chi connectivity index (χ3n) is 5.68. The molecule has 1 aliphatic heterocycles. The number of hydrogen-bond acceptors (Lipinski definition) is 5. The molecule has 3 aromatic carbocycles. The molecular weight excluding hydrogens is 432 g/mol. The average molecular weight is 456 g/mol. The van der Waals surface area contributed by atoms with Crippen LogP contribution in [0.15, 0.2) is 72.8 Å². The summed E-state index contributed by atoms with van der Waals surface area (Å²) >= 11 is 0. The Morgan fingerprint density at radius 1 is 0.882 bits per heavy atom. The summed E-state index contributed by atoms with van der Waals surface area (Å²) in [6.45, 7) is 3.28. The minimum atomic E-state index is -1.20. The van der Waals surface area contributed by atoms with Crippen LogP contribution in [0.1, 0.15) is 37.4 Å². The van der Waals surface area contributed by atoms with E-state index in [9.17, 15) is 19.2 Å². The lowest BCUT2D eigenvalue weighted by Crippen LogP contribution is -2.47. The summed E-state index contributed by atoms with van der Waals surface area (Å²) in [6, 6.07) is 19.8. The van der Waals surface area contributed by atoms with Gasteiger partial charge in [-0.2, -0.15) is 0 Å². The normalized spacial score (nSPS) is 13.4. The van der Waals surface area contributed by atoms with Gasteiger partial charge in [-0.15, -0.1) is 0 Å². The number of ether oxygens (including phenoxy) is 1. The minimum Gasteiger partial charge on any atom is -0.454 e. The summed E-state index contributed by atoms with van der Waals surface area (Å²) in [6.07, 6.45) is 0.0732. The molecule has 0 saturated heterocycles. The van der Waals surface area contributed by atoms with E-state index in [0.29, 0.717) is 5.69 Å². The van der Waals surface area contributed by atoms with Gasteiger partial charge in [0.15, 0.2) is 6.61 Å². The Hall–Kier alpha value is -4.26. The van der Waals surface area contributed by atoms with Crippen molar-refractivity contribution in [2.45, 2.75) is 26.3 Å². The van der Waals surface area contributed by atoms with Gasteiger partial charge in [-0.3, -0.25) is 19.3 Å². The Kier molecular flexibility index (Phi) is 6.54. The van der Waals surface area contributed by atoms with Crippen LogP contribution in [0.5, 0.6) is 0 Å². The number of nitrogens with one attached hydrogen (secondary N) is 1. The fraction of sp³-hybridized carbons (Fsp3) is 0.185. The summed E-state index contributed by atoms with van der Waals surface area (Å²) in [7, 11) is 0. The number of imide groups is 1. The number of esters is 1. The SMILES string of the molecule is Cc1ccc(NC(=O)COC(=O)[C@H](Cc2ccccc2)N2C(=O)c3ccccc3C2=O)c(C)c1. The van der Waals surface area contributed by atoms with E-state index >= 15 is 0 Å². The highest BCUT2D eigenvalue weighted by Crippen LogP contribution is 2.26. The molecule has 0 spiro atoms. The molecule has 1 heterocycles. The first-order valence-corrected chi connectivity index (χ1v) is 10.9. The maximum atomic E-state index is 13.1. The summed E-state index contributed by atoms with van der Waals surface area (Å²) in [5.41, 5.74) is 3.80. The maximum absolute atomic E-state index is 13.1. The molecule has 0 bridgehead atoms. The topological polar surface area (TPSA) is 92.8 Å². The quantitative estimate of drug-likeness (QED) is 0.432. The molecule has 172 valence electrons. The van der Waals surface area contributed by atoms with Crippen molar-refractivity contribution < 1.29 is 23.9 Å². The van der Waals surface area contributed by atoms with E-state index in [1.807, 2.05) is 32.0 Å². The van der Waals surface area contributed by atoms with E-state index < -0.39 is 36.3 Å². The van der Waals surface area contributed by atoms with Crippen LogP contribution in [0.25, 0.3) is 0 Å². The predicted molar refractivity (Wildman–Crippen MR) is 126 cm³/mol. The monoisotopic (exact) mass is 456 g/mol. The Morgan fingerprint density at radius 3 is 2.12 bits per heavy atom. The zero-order chi connectivity index (χ0) is 24.2. The molecule has 0 aromatic heterocycles. The van der Waals surface area contributed by atoms with Crippen LogP contribution in [0.3, 0.4) is 0 Å². The van der Waals surface area contributed by atoms with Crippen molar-refractivity contribution in [1.29, 1.82) is 0 Å². The van der Waals surface area contributed by atoms with Crippen LogP contribution in [-0.4, -0.2) is 41.2 Å². The molecule has 3 amide bonds. The standard InChI is InChI=1S/C27H24N2O5/c1-17-12-13-22(18(2)14-17)28-24(30)16-34-27(33)23(15-19-8-4-3-5-9-19)29-25(31)20-10-6-7-11-21(20)26(29)32/h3-14,23H,15-16H2,1-2H3,(H,28,30)/t23-/m0/s1. The number of fused-ring (bicyclic) bond motifs is 1. The van der Waals surface area contributed by atoms with E-state index in [2.05, 4.69) is 5.32 Å². The fourth-order valence-corrected chi connectivity index (χ4v) is 3.98. The Bertz CT molecular complexity index is 1230. The highest BCUT2D eigenvalue weighted by atomic mass is 16.5. The molecule has 0 radical (unpaired) electrons. The minimum absolute atomic E-state index is 0.0732. The molecule has 0 aliphatic carbocycles. The highest BCUT2D eigenvalue weighted by molar-refractivity contribution is 6.22. The Balaban J connectivity index is 1.51. The third kappa shape index (κ3) is 4.73. The van der Waals surface area contributed by atoms with Gasteiger partial charge in [0.1, 0.15) is 6.04 Å². The van der Waals surface area contributed by atoms with Crippen LogP contribution >= 0.6 is 0 Å². The van der Waals surface area contributed by atoms with Crippen molar-refractivity contribution in [2.24, 2.45) is 0 Å². The first-order valence-electron chi connectivity index (χ1n) is 10.9. The predicted octanol–water partition coefficient (Wildman–Crippen LogP) is 3.69. The van der Waals surface area contributed by atoms with Crippen LogP contribution in [0, 0.1) is 13.8 Å². The van der Waals surface area contributed by atoms with Gasteiger partial charge in [-0.25, -0.2) is 4.79 Å². The lowest BCUT2D eigenvalue weighted by Gasteiger charge is -2.24. The van der Waals surface area contributed by atoms with Crippen molar-refractivity contribution in [3.8, 4) is 0 Å². The zero-order valence-electron chi connectivity index (χ0n) is 18.9. The van der Waals surface area contributed by atoms with Gasteiger partial charge in [0.05, 0.1) is 11.1 Å². The van der Waals surface area contributed by atoms with Crippen molar-refractivity contribution in [2.75, 3.05) is 11.9 Å². The lowest BCUT2D eigenvalue weighted by molar-refractivity contribution is -0.151. The van der Waals surface area contributed by atoms with Crippen LogP contribution in [0.4, 0.5) is 5.69 Å². The summed E-state index contributed by atoms with van der Waals surface area (Å²) in [5, 5.41) is 2.72. The molecule has 7 nitrogen and oxygen atoms in total. The van der Waals surface area contributed by atoms with Gasteiger partial charge in [0.2, 0.25) is 0 Å². The molecule has 0 fully saturated rings. The van der Waals surface area contributed by atoms with Crippen molar-refractivity contribution in [3.63, 3.8) is 0 Å². The molecule has 1 atom stereocenters. The van der Waals surface area contributed by atoms with Gasteiger partial charge in [-0.05, 0) is 43.2 Å². The van der Waals surface area contributed by atoms with Gasteiger partial charge in [0, 0.05) is 12.1 Å². The van der Waals surface area contributed by atoms with Gasteiger partial charge in [-0.1, -0.05) is 60.2 Å². The summed E-state index contributed by atoms with van der Waals surface area (Å²) in [4.78, 5) is 52.5. The van der Waals surface area contributed by atoms with E-state index in [1.165, 1.54) is 0 Å². The third-order valence-corrected chi connectivity index (χ3v) is 5.68.